The molecule has 0 aromatic heterocycles. The fourth-order valence-corrected chi connectivity index (χ4v) is 2.23. The highest BCUT2D eigenvalue weighted by Gasteiger charge is 2.06. The molecule has 0 unspecified atom stereocenters. The first-order valence-corrected chi connectivity index (χ1v) is 8.78. The number of rotatable bonds is 12. The molecule has 5 nitrogen and oxygen atoms in total. The molecule has 0 aliphatic heterocycles. The molecule has 0 radical (unpaired) electrons. The second kappa shape index (κ2) is 12.9. The van der Waals surface area contributed by atoms with Gasteiger partial charge in [-0.05, 0) is 18.6 Å². The molecule has 1 aromatic rings. The maximum absolute atomic E-state index is 11.7. The fraction of sp³-hybridized carbons (Fsp3) is 0.450. The van der Waals surface area contributed by atoms with Crippen molar-refractivity contribution in [2.45, 2.75) is 51.9 Å². The molecule has 0 fully saturated rings. The smallest absolute Gasteiger partial charge is 0.336 e. The zero-order valence-electron chi connectivity index (χ0n) is 14.7. The Bertz CT molecular complexity index is 577. The van der Waals surface area contributed by atoms with Crippen molar-refractivity contribution in [2.24, 2.45) is 0 Å². The predicted octanol–water partition coefficient (Wildman–Crippen LogP) is 4.25. The normalized spacial score (nSPS) is 10.6. The van der Waals surface area contributed by atoms with Crippen molar-refractivity contribution >= 4 is 18.2 Å². The van der Waals surface area contributed by atoms with Gasteiger partial charge in [0.1, 0.15) is 5.75 Å². The molecule has 0 N–H and O–H groups in total. The van der Waals surface area contributed by atoms with Crippen molar-refractivity contribution in [2.75, 3.05) is 6.61 Å². The second-order valence-electron chi connectivity index (χ2n) is 5.70. The van der Waals surface area contributed by atoms with Crippen LogP contribution in [-0.2, 0) is 14.3 Å². The van der Waals surface area contributed by atoms with Crippen molar-refractivity contribution < 1.29 is 23.9 Å². The lowest BCUT2D eigenvalue weighted by Crippen LogP contribution is -2.08. The van der Waals surface area contributed by atoms with Gasteiger partial charge < -0.3 is 9.47 Å². The van der Waals surface area contributed by atoms with E-state index in [2.05, 4.69) is 6.92 Å². The van der Waals surface area contributed by atoms with Crippen LogP contribution in [0.1, 0.15) is 62.2 Å². The lowest BCUT2D eigenvalue weighted by molar-refractivity contribution is -0.138. The molecule has 0 amide bonds. The Balaban J connectivity index is 2.21. The largest absolute Gasteiger partial charge is 0.463 e. The Kier molecular flexibility index (Phi) is 10.7. The molecular weight excluding hydrogens is 320 g/mol. The minimum Gasteiger partial charge on any atom is -0.463 e. The van der Waals surface area contributed by atoms with Crippen LogP contribution in [0.25, 0.3) is 0 Å². The SMILES string of the molecule is CCCCCCCCCOC(=O)/C=C/C(=O)Oc1ccccc1C=O. The summed E-state index contributed by atoms with van der Waals surface area (Å²) in [6, 6.07) is 6.36. The number of carbonyl (C=O) groups excluding carboxylic acids is 3. The van der Waals surface area contributed by atoms with Crippen molar-refractivity contribution in [1.29, 1.82) is 0 Å². The van der Waals surface area contributed by atoms with E-state index in [4.69, 9.17) is 9.47 Å². The minimum absolute atomic E-state index is 0.156. The maximum Gasteiger partial charge on any atom is 0.336 e. The van der Waals surface area contributed by atoms with Gasteiger partial charge in [-0.3, -0.25) is 4.79 Å². The lowest BCUT2D eigenvalue weighted by Gasteiger charge is -2.04. The molecule has 0 saturated heterocycles. The van der Waals surface area contributed by atoms with E-state index in [-0.39, 0.29) is 11.3 Å². The van der Waals surface area contributed by atoms with Crippen LogP contribution in [0.2, 0.25) is 0 Å². The number of hydrogen-bond acceptors (Lipinski definition) is 5. The van der Waals surface area contributed by atoms with Gasteiger partial charge in [0.05, 0.1) is 12.2 Å². The van der Waals surface area contributed by atoms with Gasteiger partial charge >= 0.3 is 11.9 Å². The third kappa shape index (κ3) is 9.45. The maximum atomic E-state index is 11.7. The lowest BCUT2D eigenvalue weighted by atomic mass is 10.1. The van der Waals surface area contributed by atoms with E-state index in [9.17, 15) is 14.4 Å². The van der Waals surface area contributed by atoms with Crippen LogP contribution < -0.4 is 4.74 Å². The van der Waals surface area contributed by atoms with Gasteiger partial charge in [0, 0.05) is 12.2 Å². The number of benzene rings is 1. The van der Waals surface area contributed by atoms with Crippen LogP contribution in [0.5, 0.6) is 5.75 Å². The number of unbranched alkanes of at least 4 members (excludes halogenated alkanes) is 6. The molecule has 5 heteroatoms. The van der Waals surface area contributed by atoms with Gasteiger partial charge in [-0.25, -0.2) is 9.59 Å². The van der Waals surface area contributed by atoms with E-state index < -0.39 is 11.9 Å². The molecule has 0 atom stereocenters. The van der Waals surface area contributed by atoms with Crippen molar-refractivity contribution in [3.05, 3.63) is 42.0 Å². The first-order valence-electron chi connectivity index (χ1n) is 8.78. The van der Waals surface area contributed by atoms with E-state index in [1.165, 1.54) is 37.8 Å². The number of aldehydes is 1. The van der Waals surface area contributed by atoms with Gasteiger partial charge in [0.15, 0.2) is 6.29 Å². The summed E-state index contributed by atoms with van der Waals surface area (Å²) >= 11 is 0. The highest BCUT2D eigenvalue weighted by atomic mass is 16.5. The third-order valence-electron chi connectivity index (χ3n) is 3.60. The minimum atomic E-state index is -0.734. The highest BCUT2D eigenvalue weighted by molar-refractivity contribution is 5.93. The molecule has 1 rings (SSSR count). The van der Waals surface area contributed by atoms with E-state index in [1.807, 2.05) is 0 Å². The quantitative estimate of drug-likeness (QED) is 0.186. The summed E-state index contributed by atoms with van der Waals surface area (Å²) in [4.78, 5) is 34.0. The summed E-state index contributed by atoms with van der Waals surface area (Å²) in [7, 11) is 0. The Morgan fingerprint density at radius 2 is 1.56 bits per heavy atom. The molecule has 0 heterocycles. The Morgan fingerprint density at radius 3 is 2.28 bits per heavy atom. The van der Waals surface area contributed by atoms with Crippen LogP contribution in [0.3, 0.4) is 0 Å². The number of esters is 2. The molecule has 0 spiro atoms. The monoisotopic (exact) mass is 346 g/mol. The van der Waals surface area contributed by atoms with E-state index in [1.54, 1.807) is 12.1 Å². The highest BCUT2D eigenvalue weighted by Crippen LogP contribution is 2.15. The van der Waals surface area contributed by atoms with E-state index >= 15 is 0 Å². The van der Waals surface area contributed by atoms with Gasteiger partial charge in [0.2, 0.25) is 0 Å². The summed E-state index contributed by atoms with van der Waals surface area (Å²) < 4.78 is 10.0. The van der Waals surface area contributed by atoms with E-state index in [0.29, 0.717) is 12.9 Å². The Hall–Kier alpha value is -2.43. The number of para-hydroxylation sites is 1. The van der Waals surface area contributed by atoms with Gasteiger partial charge in [0.25, 0.3) is 0 Å². The number of hydrogen-bond donors (Lipinski definition) is 0. The second-order valence-corrected chi connectivity index (χ2v) is 5.70. The summed E-state index contributed by atoms with van der Waals surface area (Å²) in [5.41, 5.74) is 0.269. The Morgan fingerprint density at radius 1 is 0.920 bits per heavy atom. The average molecular weight is 346 g/mol. The topological polar surface area (TPSA) is 69.7 Å². The van der Waals surface area contributed by atoms with Gasteiger partial charge in [-0.15, -0.1) is 0 Å². The number of carbonyl (C=O) groups is 3. The molecule has 0 bridgehead atoms. The van der Waals surface area contributed by atoms with Crippen LogP contribution in [0, 0.1) is 0 Å². The van der Waals surface area contributed by atoms with Crippen molar-refractivity contribution in [3.63, 3.8) is 0 Å². The van der Waals surface area contributed by atoms with Crippen molar-refractivity contribution in [1.82, 2.24) is 0 Å². The zero-order chi connectivity index (χ0) is 18.3. The first kappa shape index (κ1) is 20.6. The van der Waals surface area contributed by atoms with Crippen LogP contribution in [0.4, 0.5) is 0 Å². The van der Waals surface area contributed by atoms with Gasteiger partial charge in [-0.1, -0.05) is 57.6 Å². The zero-order valence-corrected chi connectivity index (χ0v) is 14.7. The summed E-state index contributed by atoms with van der Waals surface area (Å²) in [6.45, 7) is 2.53. The molecular formula is C20H26O5. The van der Waals surface area contributed by atoms with Crippen molar-refractivity contribution in [3.8, 4) is 5.75 Å². The third-order valence-corrected chi connectivity index (χ3v) is 3.60. The van der Waals surface area contributed by atoms with Crippen LogP contribution >= 0.6 is 0 Å². The van der Waals surface area contributed by atoms with Crippen LogP contribution in [-0.4, -0.2) is 24.8 Å². The summed E-state index contributed by atoms with van der Waals surface area (Å²) in [6.07, 6.45) is 10.6. The fourth-order valence-electron chi connectivity index (χ4n) is 2.23. The Labute approximate surface area is 149 Å². The predicted molar refractivity (Wildman–Crippen MR) is 95.6 cm³/mol. The molecule has 136 valence electrons. The average Bonchev–Trinajstić information content (AvgIpc) is 2.62. The standard InChI is InChI=1S/C20H26O5/c1-2-3-4-5-6-7-10-15-24-19(22)13-14-20(23)25-18-12-9-8-11-17(18)16-21/h8-9,11-14,16H,2-7,10,15H2,1H3/b14-13+. The first-order chi connectivity index (χ1) is 12.2. The molecule has 25 heavy (non-hydrogen) atoms. The summed E-state index contributed by atoms with van der Waals surface area (Å²) in [5, 5.41) is 0. The number of ether oxygens (including phenoxy) is 2. The molecule has 0 aliphatic rings. The molecule has 1 aromatic carbocycles. The molecule has 0 aliphatic carbocycles. The summed E-state index contributed by atoms with van der Waals surface area (Å²) in [5.74, 6) is -1.16. The van der Waals surface area contributed by atoms with E-state index in [0.717, 1.165) is 31.4 Å². The van der Waals surface area contributed by atoms with Crippen LogP contribution in [0.15, 0.2) is 36.4 Å². The van der Waals surface area contributed by atoms with Gasteiger partial charge in [-0.2, -0.15) is 0 Å². The molecule has 0 saturated carbocycles.